The number of methoxy groups -OCH3 is 1. The van der Waals surface area contributed by atoms with Gasteiger partial charge in [-0.05, 0) is 42.9 Å². The van der Waals surface area contributed by atoms with Gasteiger partial charge in [0.15, 0.2) is 0 Å². The van der Waals surface area contributed by atoms with Gasteiger partial charge in [0.25, 0.3) is 0 Å². The van der Waals surface area contributed by atoms with Gasteiger partial charge in [0.05, 0.1) is 50.1 Å². The van der Waals surface area contributed by atoms with E-state index in [0.717, 1.165) is 95.4 Å². The average molecular weight is 807 g/mol. The van der Waals surface area contributed by atoms with Crippen LogP contribution in [0.15, 0.2) is 55.4 Å². The van der Waals surface area contributed by atoms with Gasteiger partial charge in [-0.25, -0.2) is 19.7 Å². The van der Waals surface area contributed by atoms with E-state index in [1.165, 1.54) is 26.9 Å². The molecule has 0 bridgehead atoms. The third-order valence-corrected chi connectivity index (χ3v) is 8.91. The highest BCUT2D eigenvalue weighted by molar-refractivity contribution is 7.21. The molecule has 0 radical (unpaired) electrons. The number of hydrogen-bond donors (Lipinski definition) is 5. The largest absolute Gasteiger partial charge is 0.453 e. The minimum atomic E-state index is -0.562. The number of hydrogen-bond acceptors (Lipinski definition) is 9. The number of nitrogens with zero attached hydrogens (tertiary/aromatic N) is 5. The Bertz CT molecular complexity index is 1810. The van der Waals surface area contributed by atoms with Crippen molar-refractivity contribution in [2.75, 3.05) is 46.4 Å². The van der Waals surface area contributed by atoms with Gasteiger partial charge in [-0.3, -0.25) is 14.4 Å². The Morgan fingerprint density at radius 1 is 0.737 bits per heavy atom. The van der Waals surface area contributed by atoms with Crippen LogP contribution in [0.2, 0.25) is 0 Å². The van der Waals surface area contributed by atoms with Crippen molar-refractivity contribution in [2.24, 2.45) is 0 Å². The first kappa shape index (κ1) is 47.6. The van der Waals surface area contributed by atoms with Crippen LogP contribution in [-0.2, 0) is 19.1 Å². The first-order valence-corrected chi connectivity index (χ1v) is 20.6. The number of fused-ring (bicyclic) bond motifs is 1. The zero-order valence-corrected chi connectivity index (χ0v) is 35.7. The van der Waals surface area contributed by atoms with Gasteiger partial charge < -0.3 is 40.1 Å². The second-order valence-electron chi connectivity index (χ2n) is 12.8. The van der Waals surface area contributed by atoms with Crippen molar-refractivity contribution in [3.05, 3.63) is 55.4 Å². The van der Waals surface area contributed by atoms with Crippen LogP contribution < -0.4 is 10.6 Å². The Morgan fingerprint density at radius 2 is 1.19 bits per heavy atom. The molecule has 4 aromatic heterocycles. The Balaban J connectivity index is 0.000000291. The second kappa shape index (κ2) is 27.1. The van der Waals surface area contributed by atoms with Crippen LogP contribution in [0.4, 0.5) is 4.79 Å². The third-order valence-electron chi connectivity index (χ3n) is 7.89. The number of carbonyl (C=O) groups is 4. The summed E-state index contributed by atoms with van der Waals surface area (Å²) >= 11 is 1.62. The van der Waals surface area contributed by atoms with Gasteiger partial charge in [-0.15, -0.1) is 0 Å². The Kier molecular flexibility index (Phi) is 22.7. The van der Waals surface area contributed by atoms with Crippen LogP contribution in [0.25, 0.3) is 43.6 Å². The van der Waals surface area contributed by atoms with Crippen molar-refractivity contribution in [3.8, 4) is 33.2 Å². The van der Waals surface area contributed by atoms with Gasteiger partial charge in [-0.2, -0.15) is 0 Å². The normalized spacial score (nSPS) is 12.5. The molecule has 2 aliphatic heterocycles. The fourth-order valence-corrected chi connectivity index (χ4v) is 6.21. The SMILES string of the molecule is CC.CC(=O)NCC(=O)N1CCCC1.CCC.CCC.COC(=O)NCC(=O)N1CCCC1.c1ncc(-c2ccc(-c3cc4nc(-c5cnc[nH]5)sc4[nH]3)cc2)[nH]1. The summed E-state index contributed by atoms with van der Waals surface area (Å²) < 4.78 is 4.34. The Labute approximate surface area is 340 Å². The molecule has 7 rings (SSSR count). The highest BCUT2D eigenvalue weighted by Gasteiger charge is 2.19. The number of H-pyrrole nitrogens is 3. The van der Waals surface area contributed by atoms with Gasteiger partial charge in [-0.1, -0.05) is 90.0 Å². The van der Waals surface area contributed by atoms with Crippen LogP contribution >= 0.6 is 11.3 Å². The van der Waals surface area contributed by atoms with E-state index < -0.39 is 6.09 Å². The fraction of sp³-hybridized carbons (Fsp3) is 0.488. The van der Waals surface area contributed by atoms with E-state index in [9.17, 15) is 19.2 Å². The number of alkyl carbamates (subject to hydrolysis) is 1. The molecule has 5 aromatic rings. The Morgan fingerprint density at radius 3 is 1.61 bits per heavy atom. The highest BCUT2D eigenvalue weighted by Crippen LogP contribution is 2.32. The maximum absolute atomic E-state index is 11.3. The molecule has 0 saturated carbocycles. The molecule has 0 aliphatic carbocycles. The number of nitrogens with one attached hydrogen (secondary N) is 5. The first-order chi connectivity index (χ1) is 27.6. The van der Waals surface area contributed by atoms with Crippen molar-refractivity contribution in [1.82, 2.24) is 50.3 Å². The zero-order chi connectivity index (χ0) is 42.0. The molecule has 312 valence electrons. The summed E-state index contributed by atoms with van der Waals surface area (Å²) in [5.74, 6) is -0.159. The van der Waals surface area contributed by atoms with Crippen molar-refractivity contribution in [1.29, 1.82) is 0 Å². The van der Waals surface area contributed by atoms with Crippen LogP contribution in [0, 0.1) is 0 Å². The number of amides is 4. The van der Waals surface area contributed by atoms with Crippen LogP contribution in [0.3, 0.4) is 0 Å². The molecule has 0 unspecified atom stereocenters. The Hall–Kier alpha value is -5.51. The minimum absolute atomic E-state index is 0.0303. The summed E-state index contributed by atoms with van der Waals surface area (Å²) in [6.45, 7) is 17.4. The van der Waals surface area contributed by atoms with Crippen molar-refractivity contribution in [2.45, 2.75) is 87.0 Å². The summed E-state index contributed by atoms with van der Waals surface area (Å²) in [5.41, 5.74) is 6.24. The van der Waals surface area contributed by atoms with Gasteiger partial charge >= 0.3 is 6.09 Å². The molecule has 2 fully saturated rings. The number of rotatable bonds is 7. The summed E-state index contributed by atoms with van der Waals surface area (Å²) in [5, 5.41) is 5.79. The van der Waals surface area contributed by atoms with Gasteiger partial charge in [0, 0.05) is 38.8 Å². The molecule has 5 N–H and O–H groups in total. The summed E-state index contributed by atoms with van der Waals surface area (Å²) in [4.78, 5) is 70.7. The van der Waals surface area contributed by atoms with Gasteiger partial charge in [0.1, 0.15) is 21.9 Å². The lowest BCUT2D eigenvalue weighted by Gasteiger charge is -2.14. The van der Waals surface area contributed by atoms with Crippen LogP contribution in [-0.4, -0.2) is 110 Å². The van der Waals surface area contributed by atoms with E-state index >= 15 is 0 Å². The molecule has 2 saturated heterocycles. The molecular weight excluding hydrogens is 745 g/mol. The summed E-state index contributed by atoms with van der Waals surface area (Å²) in [6.07, 6.45) is 13.2. The average Bonchev–Trinajstić information content (AvgIpc) is 4.07. The van der Waals surface area contributed by atoms with E-state index in [-0.39, 0.29) is 30.8 Å². The number of likely N-dealkylation sites (tertiary alicyclic amines) is 2. The van der Waals surface area contributed by atoms with Gasteiger partial charge in [0.2, 0.25) is 17.7 Å². The number of imidazole rings is 2. The van der Waals surface area contributed by atoms with E-state index in [2.05, 4.69) is 103 Å². The maximum Gasteiger partial charge on any atom is 0.407 e. The summed E-state index contributed by atoms with van der Waals surface area (Å²) in [7, 11) is 1.27. The molecule has 57 heavy (non-hydrogen) atoms. The molecule has 0 spiro atoms. The third kappa shape index (κ3) is 16.6. The number of aromatic nitrogens is 6. The van der Waals surface area contributed by atoms with Crippen LogP contribution in [0.5, 0.6) is 0 Å². The minimum Gasteiger partial charge on any atom is -0.453 e. The highest BCUT2D eigenvalue weighted by atomic mass is 32.1. The predicted molar refractivity (Wildman–Crippen MR) is 229 cm³/mol. The van der Waals surface area contributed by atoms with Crippen molar-refractivity contribution < 1.29 is 23.9 Å². The van der Waals surface area contributed by atoms with E-state index in [4.69, 9.17) is 0 Å². The molecule has 0 atom stereocenters. The molecule has 6 heterocycles. The topological polar surface area (TPSA) is 194 Å². The number of carbonyl (C=O) groups excluding carboxylic acids is 4. The maximum atomic E-state index is 11.3. The zero-order valence-electron chi connectivity index (χ0n) is 34.9. The molecule has 16 heteroatoms. The van der Waals surface area contributed by atoms with Crippen molar-refractivity contribution in [3.63, 3.8) is 0 Å². The monoisotopic (exact) mass is 806 g/mol. The predicted octanol–water partition coefficient (Wildman–Crippen LogP) is 7.64. The second-order valence-corrected chi connectivity index (χ2v) is 13.8. The standard InChI is InChI=1S/C17H12N6S.C8H14N2O3.C8H14N2O2.2C3H8.C2H6/c1-3-11(14-6-18-8-20-14)4-2-10(1)12-5-13-16(22-12)24-17(23-13)15-7-19-9-21-15;1-13-8(12)9-6-7(11)10-4-2-3-5-10;1-7(11)9-6-8(12)10-4-2-3-5-10;2*1-3-2;1-2/h1-9,22H,(H,18,20)(H,19,21);2-6H2,1H3,(H,9,12);2-6H2,1H3,(H,9,11);2*3H2,1-2H3;1-2H3. The molecular formula is C41H62N10O5S. The smallest absolute Gasteiger partial charge is 0.407 e. The lowest BCUT2D eigenvalue weighted by Crippen LogP contribution is -2.38. The van der Waals surface area contributed by atoms with E-state index in [1.54, 1.807) is 40.0 Å². The van der Waals surface area contributed by atoms with E-state index in [1.807, 2.05) is 20.0 Å². The summed E-state index contributed by atoms with van der Waals surface area (Å²) in [6, 6.07) is 10.4. The molecule has 2 aliphatic rings. The molecule has 4 amide bonds. The van der Waals surface area contributed by atoms with Crippen LogP contribution in [0.1, 0.15) is 87.0 Å². The number of thiazole rings is 1. The van der Waals surface area contributed by atoms with E-state index in [0.29, 0.717) is 0 Å². The first-order valence-electron chi connectivity index (χ1n) is 19.8. The molecule has 15 nitrogen and oxygen atoms in total. The number of aromatic amines is 3. The lowest BCUT2D eigenvalue weighted by atomic mass is 10.1. The molecule has 1 aromatic carbocycles. The van der Waals surface area contributed by atoms with Crippen molar-refractivity contribution >= 4 is 45.5 Å². The lowest BCUT2D eigenvalue weighted by molar-refractivity contribution is -0.131. The number of benzene rings is 1. The fourth-order valence-electron chi connectivity index (χ4n) is 5.28. The quantitative estimate of drug-likeness (QED) is 0.111. The number of ether oxygens (including phenoxy) is 1.